The molecule has 4 nitrogen and oxygen atoms in total. The smallest absolute Gasteiger partial charge is 0.218 e. The van der Waals surface area contributed by atoms with Crippen LogP contribution in [0, 0.1) is 0 Å². The fraction of sp³-hybridized carbons (Fsp3) is 0.571. The van der Waals surface area contributed by atoms with Gasteiger partial charge in [-0.05, 0) is 30.4 Å². The molecule has 2 rings (SSSR count). The molecule has 0 aromatic heterocycles. The number of fused-ring (bicyclic) bond motifs is 1. The first kappa shape index (κ1) is 14.5. The highest BCUT2D eigenvalue weighted by molar-refractivity contribution is 7.89. The van der Waals surface area contributed by atoms with Gasteiger partial charge >= 0.3 is 0 Å². The van der Waals surface area contributed by atoms with Gasteiger partial charge in [0, 0.05) is 19.6 Å². The molecule has 0 aliphatic heterocycles. The van der Waals surface area contributed by atoms with Crippen LogP contribution in [0.1, 0.15) is 36.9 Å². The van der Waals surface area contributed by atoms with Gasteiger partial charge < -0.3 is 5.73 Å². The molecule has 0 spiro atoms. The van der Waals surface area contributed by atoms with E-state index in [0.717, 1.165) is 18.4 Å². The summed E-state index contributed by atoms with van der Waals surface area (Å²) in [5.41, 5.74) is 7.99. The van der Waals surface area contributed by atoms with Gasteiger partial charge in [0.15, 0.2) is 0 Å². The summed E-state index contributed by atoms with van der Waals surface area (Å²) in [5, 5.41) is -0.481. The highest BCUT2D eigenvalue weighted by Gasteiger charge is 2.35. The van der Waals surface area contributed by atoms with Crippen LogP contribution in [0.5, 0.6) is 0 Å². The minimum absolute atomic E-state index is 0.0400. The Morgan fingerprint density at radius 2 is 2.11 bits per heavy atom. The minimum atomic E-state index is -3.32. The molecule has 0 saturated carbocycles. The third kappa shape index (κ3) is 2.55. The molecule has 0 fully saturated rings. The molecular weight excluding hydrogens is 260 g/mol. The van der Waals surface area contributed by atoms with Crippen molar-refractivity contribution < 1.29 is 8.42 Å². The molecule has 1 aromatic carbocycles. The Bertz CT molecular complexity index is 538. The molecule has 2 atom stereocenters. The number of aryl methyl sites for hydroxylation is 1. The minimum Gasteiger partial charge on any atom is -0.329 e. The fourth-order valence-corrected chi connectivity index (χ4v) is 4.53. The highest BCUT2D eigenvalue weighted by atomic mass is 32.2. The van der Waals surface area contributed by atoms with E-state index >= 15 is 0 Å². The Balaban J connectivity index is 2.29. The molecule has 1 aromatic rings. The van der Waals surface area contributed by atoms with Gasteiger partial charge in [-0.15, -0.1) is 0 Å². The Hall–Kier alpha value is -0.910. The number of benzene rings is 1. The Kier molecular flexibility index (Phi) is 4.28. The average molecular weight is 282 g/mol. The lowest BCUT2D eigenvalue weighted by atomic mass is 10.1. The zero-order valence-corrected chi connectivity index (χ0v) is 12.4. The van der Waals surface area contributed by atoms with Gasteiger partial charge in [-0.25, -0.2) is 8.42 Å². The quantitative estimate of drug-likeness (QED) is 0.893. The lowest BCUT2D eigenvalue weighted by Gasteiger charge is -2.28. The van der Waals surface area contributed by atoms with Crippen molar-refractivity contribution >= 4 is 10.0 Å². The molecule has 19 heavy (non-hydrogen) atoms. The zero-order chi connectivity index (χ0) is 14.0. The van der Waals surface area contributed by atoms with Crippen molar-refractivity contribution in [3.05, 3.63) is 35.4 Å². The molecule has 5 heteroatoms. The molecule has 0 saturated heterocycles. The van der Waals surface area contributed by atoms with Crippen molar-refractivity contribution in [1.29, 1.82) is 0 Å². The summed E-state index contributed by atoms with van der Waals surface area (Å²) in [6.45, 7) is 2.04. The summed E-state index contributed by atoms with van der Waals surface area (Å²) >= 11 is 0. The molecule has 0 heterocycles. The Morgan fingerprint density at radius 3 is 2.74 bits per heavy atom. The Labute approximate surface area is 115 Å². The van der Waals surface area contributed by atoms with Crippen molar-refractivity contribution in [2.24, 2.45) is 5.73 Å². The lowest BCUT2D eigenvalue weighted by Crippen LogP contribution is -2.41. The van der Waals surface area contributed by atoms with E-state index < -0.39 is 15.3 Å². The fourth-order valence-electron chi connectivity index (χ4n) is 2.82. The molecule has 0 amide bonds. The summed E-state index contributed by atoms with van der Waals surface area (Å²) in [4.78, 5) is 0. The van der Waals surface area contributed by atoms with E-state index in [1.807, 2.05) is 25.1 Å². The van der Waals surface area contributed by atoms with Crippen LogP contribution in [0.15, 0.2) is 24.3 Å². The zero-order valence-electron chi connectivity index (χ0n) is 11.5. The number of sulfonamides is 1. The predicted octanol–water partition coefficient (Wildman–Crippen LogP) is 1.67. The second-order valence-electron chi connectivity index (χ2n) is 5.08. The average Bonchev–Trinajstić information content (AvgIpc) is 2.82. The van der Waals surface area contributed by atoms with Crippen LogP contribution < -0.4 is 5.73 Å². The maximum Gasteiger partial charge on any atom is 0.218 e. The first-order valence-corrected chi connectivity index (χ1v) is 8.27. The van der Waals surface area contributed by atoms with Gasteiger partial charge in [-0.3, -0.25) is 0 Å². The molecule has 2 unspecified atom stereocenters. The Morgan fingerprint density at radius 1 is 1.42 bits per heavy atom. The molecule has 0 bridgehead atoms. The van der Waals surface area contributed by atoms with Crippen molar-refractivity contribution in [3.8, 4) is 0 Å². The molecule has 1 aliphatic rings. The van der Waals surface area contributed by atoms with E-state index in [1.54, 1.807) is 7.05 Å². The topological polar surface area (TPSA) is 63.4 Å². The number of nitrogens with zero attached hydrogens (tertiary/aromatic N) is 1. The van der Waals surface area contributed by atoms with Crippen molar-refractivity contribution in [2.45, 2.75) is 37.5 Å². The first-order chi connectivity index (χ1) is 9.02. The van der Waals surface area contributed by atoms with Crippen molar-refractivity contribution in [2.75, 3.05) is 13.6 Å². The third-order valence-electron chi connectivity index (χ3n) is 4.08. The molecule has 0 radical (unpaired) electrons. The van der Waals surface area contributed by atoms with Crippen LogP contribution in [-0.2, 0) is 16.4 Å². The number of hydrogen-bond acceptors (Lipinski definition) is 3. The monoisotopic (exact) mass is 282 g/mol. The van der Waals surface area contributed by atoms with Crippen LogP contribution in [0.25, 0.3) is 0 Å². The highest BCUT2D eigenvalue weighted by Crippen LogP contribution is 2.36. The third-order valence-corrected chi connectivity index (χ3v) is 6.51. The summed E-state index contributed by atoms with van der Waals surface area (Å²) in [5.74, 6) is 0. The predicted molar refractivity (Wildman–Crippen MR) is 77.3 cm³/mol. The van der Waals surface area contributed by atoms with Crippen LogP contribution in [0.4, 0.5) is 0 Å². The van der Waals surface area contributed by atoms with Crippen molar-refractivity contribution in [3.63, 3.8) is 0 Å². The summed E-state index contributed by atoms with van der Waals surface area (Å²) in [6, 6.07) is 8.04. The van der Waals surface area contributed by atoms with Crippen LogP contribution in [-0.4, -0.2) is 31.6 Å². The summed E-state index contributed by atoms with van der Waals surface area (Å²) in [6.07, 6.45) is 2.35. The standard InChI is InChI=1S/C14H22N2O2S/c1-3-12(10-15)19(17,18)16(2)14-9-8-11-6-4-5-7-13(11)14/h4-7,12,14H,3,8-10,15H2,1-2H3. The van der Waals surface area contributed by atoms with E-state index in [4.69, 9.17) is 5.73 Å². The maximum absolute atomic E-state index is 12.5. The molecular formula is C14H22N2O2S. The van der Waals surface area contributed by atoms with E-state index in [9.17, 15) is 8.42 Å². The second-order valence-corrected chi connectivity index (χ2v) is 7.35. The molecule has 106 valence electrons. The van der Waals surface area contributed by atoms with E-state index in [0.29, 0.717) is 6.42 Å². The van der Waals surface area contributed by atoms with Gasteiger partial charge in [-0.2, -0.15) is 4.31 Å². The van der Waals surface area contributed by atoms with Crippen LogP contribution in [0.2, 0.25) is 0 Å². The summed E-state index contributed by atoms with van der Waals surface area (Å²) < 4.78 is 26.6. The normalized spacial score (nSPS) is 20.5. The van der Waals surface area contributed by atoms with Crippen LogP contribution in [0.3, 0.4) is 0 Å². The number of rotatable bonds is 5. The van der Waals surface area contributed by atoms with Crippen molar-refractivity contribution in [1.82, 2.24) is 4.31 Å². The molecule has 1 aliphatic carbocycles. The molecule has 2 N–H and O–H groups in total. The maximum atomic E-state index is 12.5. The van der Waals surface area contributed by atoms with E-state index in [-0.39, 0.29) is 12.6 Å². The van der Waals surface area contributed by atoms with E-state index in [2.05, 4.69) is 6.07 Å². The largest absolute Gasteiger partial charge is 0.329 e. The van der Waals surface area contributed by atoms with Gasteiger partial charge in [0.2, 0.25) is 10.0 Å². The van der Waals surface area contributed by atoms with Gasteiger partial charge in [0.1, 0.15) is 0 Å². The second kappa shape index (κ2) is 5.61. The van der Waals surface area contributed by atoms with Crippen LogP contribution >= 0.6 is 0 Å². The first-order valence-electron chi connectivity index (χ1n) is 6.77. The summed E-state index contributed by atoms with van der Waals surface area (Å²) in [7, 11) is -1.64. The number of hydrogen-bond donors (Lipinski definition) is 1. The van der Waals surface area contributed by atoms with Gasteiger partial charge in [-0.1, -0.05) is 31.2 Å². The van der Waals surface area contributed by atoms with Gasteiger partial charge in [0.25, 0.3) is 0 Å². The van der Waals surface area contributed by atoms with E-state index in [1.165, 1.54) is 9.87 Å². The SMILES string of the molecule is CCC(CN)S(=O)(=O)N(C)C1CCc2ccccc21. The lowest BCUT2D eigenvalue weighted by molar-refractivity contribution is 0.368. The van der Waals surface area contributed by atoms with Gasteiger partial charge in [0.05, 0.1) is 5.25 Å². The number of nitrogens with two attached hydrogens (primary N) is 1.